The Hall–Kier alpha value is -0.825. The first-order valence-electron chi connectivity index (χ1n) is 6.24. The third-order valence-electron chi connectivity index (χ3n) is 3.61. The average molecular weight is 302 g/mol. The zero-order chi connectivity index (χ0) is 13.5. The highest BCUT2D eigenvalue weighted by Gasteiger charge is 2.47. The SMILES string of the molecule is Cl.NCC1OB2OC(CO)(CO)COc3cccc1c32. The largest absolute Gasteiger partial charge is 0.499 e. The van der Waals surface area contributed by atoms with E-state index in [0.29, 0.717) is 12.3 Å². The van der Waals surface area contributed by atoms with Gasteiger partial charge < -0.3 is 30.0 Å². The van der Waals surface area contributed by atoms with Crippen molar-refractivity contribution in [2.24, 2.45) is 5.73 Å². The topological polar surface area (TPSA) is 94.2 Å². The third-order valence-corrected chi connectivity index (χ3v) is 3.61. The number of aliphatic hydroxyl groups excluding tert-OH is 2. The molecule has 0 aromatic heterocycles. The van der Waals surface area contributed by atoms with Crippen molar-refractivity contribution >= 4 is 25.0 Å². The fourth-order valence-corrected chi connectivity index (χ4v) is 2.47. The number of hydrogen-bond acceptors (Lipinski definition) is 6. The van der Waals surface area contributed by atoms with Gasteiger partial charge in [-0.1, -0.05) is 12.1 Å². The van der Waals surface area contributed by atoms with E-state index >= 15 is 0 Å². The molecule has 2 aliphatic rings. The van der Waals surface area contributed by atoms with Crippen LogP contribution >= 0.6 is 12.4 Å². The molecular weight excluding hydrogens is 284 g/mol. The van der Waals surface area contributed by atoms with Gasteiger partial charge in [0.15, 0.2) is 0 Å². The van der Waals surface area contributed by atoms with Crippen molar-refractivity contribution in [3.8, 4) is 5.75 Å². The second-order valence-electron chi connectivity index (χ2n) is 4.86. The summed E-state index contributed by atoms with van der Waals surface area (Å²) >= 11 is 0. The van der Waals surface area contributed by atoms with Crippen LogP contribution in [0, 0.1) is 0 Å². The molecule has 0 bridgehead atoms. The van der Waals surface area contributed by atoms with E-state index in [1.165, 1.54) is 0 Å². The number of halogens is 1. The Balaban J connectivity index is 0.00000147. The van der Waals surface area contributed by atoms with E-state index in [-0.39, 0.29) is 38.3 Å². The highest BCUT2D eigenvalue weighted by atomic mass is 35.5. The number of benzene rings is 1. The van der Waals surface area contributed by atoms with E-state index in [2.05, 4.69) is 0 Å². The Morgan fingerprint density at radius 2 is 2.10 bits per heavy atom. The summed E-state index contributed by atoms with van der Waals surface area (Å²) in [6.07, 6.45) is -0.253. The summed E-state index contributed by atoms with van der Waals surface area (Å²) in [5.41, 5.74) is 6.27. The maximum Gasteiger partial charge on any atom is 0.499 e. The zero-order valence-corrected chi connectivity index (χ0v) is 11.6. The van der Waals surface area contributed by atoms with Gasteiger partial charge in [0, 0.05) is 12.0 Å². The lowest BCUT2D eigenvalue weighted by Gasteiger charge is -2.29. The standard InChI is InChI=1S/C12H16BNO5.ClH/c14-4-10-8-2-1-3-9-11(8)13(18-10)19-12(5-15,6-16)7-17-9;/h1-3,10,15-16H,4-7,14H2;1H. The second kappa shape index (κ2) is 5.89. The minimum absolute atomic E-state index is 0. The number of rotatable bonds is 3. The first kappa shape index (κ1) is 15.6. The lowest BCUT2D eigenvalue weighted by Crippen LogP contribution is -2.50. The van der Waals surface area contributed by atoms with Crippen LogP contribution in [-0.4, -0.2) is 49.3 Å². The molecule has 0 amide bonds. The van der Waals surface area contributed by atoms with Gasteiger partial charge >= 0.3 is 7.12 Å². The van der Waals surface area contributed by atoms with Gasteiger partial charge in [0.05, 0.1) is 19.3 Å². The number of aliphatic hydroxyl groups is 2. The van der Waals surface area contributed by atoms with Crippen molar-refractivity contribution in [2.75, 3.05) is 26.4 Å². The summed E-state index contributed by atoms with van der Waals surface area (Å²) in [5, 5.41) is 18.9. The van der Waals surface area contributed by atoms with Crippen LogP contribution in [0.2, 0.25) is 0 Å². The minimum atomic E-state index is -1.16. The maximum atomic E-state index is 9.45. The molecule has 0 aliphatic carbocycles. The van der Waals surface area contributed by atoms with E-state index in [1.807, 2.05) is 18.2 Å². The van der Waals surface area contributed by atoms with Crippen molar-refractivity contribution in [1.29, 1.82) is 0 Å². The van der Waals surface area contributed by atoms with Crippen molar-refractivity contribution in [2.45, 2.75) is 11.7 Å². The molecular formula is C12H17BClNO5. The van der Waals surface area contributed by atoms with Crippen molar-refractivity contribution in [3.05, 3.63) is 23.8 Å². The fourth-order valence-electron chi connectivity index (χ4n) is 2.47. The Bertz CT molecular complexity index is 485. The van der Waals surface area contributed by atoms with Crippen LogP contribution in [0.3, 0.4) is 0 Å². The summed E-state index contributed by atoms with van der Waals surface area (Å²) in [5.74, 6) is 0.655. The van der Waals surface area contributed by atoms with Crippen LogP contribution in [0.4, 0.5) is 0 Å². The van der Waals surface area contributed by atoms with Gasteiger partial charge in [0.2, 0.25) is 0 Å². The first-order chi connectivity index (χ1) is 9.23. The van der Waals surface area contributed by atoms with Crippen LogP contribution < -0.4 is 15.9 Å². The van der Waals surface area contributed by atoms with Crippen molar-refractivity contribution in [1.82, 2.24) is 0 Å². The molecule has 3 rings (SSSR count). The van der Waals surface area contributed by atoms with E-state index in [1.54, 1.807) is 0 Å². The average Bonchev–Trinajstić information content (AvgIpc) is 2.72. The summed E-state index contributed by atoms with van der Waals surface area (Å²) in [6.45, 7) is -0.287. The number of ether oxygens (including phenoxy) is 1. The third kappa shape index (κ3) is 2.30. The molecule has 1 unspecified atom stereocenters. The number of hydrogen-bond donors (Lipinski definition) is 3. The molecule has 0 spiro atoms. The maximum absolute atomic E-state index is 9.45. The monoisotopic (exact) mass is 301 g/mol. The van der Waals surface area contributed by atoms with E-state index in [4.69, 9.17) is 19.8 Å². The minimum Gasteiger partial charge on any atom is -0.491 e. The lowest BCUT2D eigenvalue weighted by molar-refractivity contribution is -0.0724. The molecule has 0 radical (unpaired) electrons. The molecule has 1 atom stereocenters. The number of nitrogens with two attached hydrogens (primary N) is 1. The molecule has 4 N–H and O–H groups in total. The second-order valence-corrected chi connectivity index (χ2v) is 4.86. The molecule has 1 aromatic rings. The smallest absolute Gasteiger partial charge is 0.491 e. The van der Waals surface area contributed by atoms with Crippen LogP contribution in [0.1, 0.15) is 11.7 Å². The van der Waals surface area contributed by atoms with Gasteiger partial charge in [-0.15, -0.1) is 12.4 Å². The summed E-state index contributed by atoms with van der Waals surface area (Å²) < 4.78 is 17.2. The predicted octanol–water partition coefficient (Wildman–Crippen LogP) is -1.03. The van der Waals surface area contributed by atoms with Gasteiger partial charge in [0.25, 0.3) is 0 Å². The van der Waals surface area contributed by atoms with Crippen molar-refractivity contribution < 1.29 is 24.3 Å². The van der Waals surface area contributed by atoms with E-state index in [0.717, 1.165) is 11.0 Å². The molecule has 6 nitrogen and oxygen atoms in total. The summed E-state index contributed by atoms with van der Waals surface area (Å²) in [7, 11) is -0.665. The summed E-state index contributed by atoms with van der Waals surface area (Å²) in [4.78, 5) is 0. The van der Waals surface area contributed by atoms with Gasteiger partial charge in [-0.25, -0.2) is 0 Å². The van der Waals surface area contributed by atoms with E-state index < -0.39 is 12.7 Å². The summed E-state index contributed by atoms with van der Waals surface area (Å²) in [6, 6.07) is 5.61. The van der Waals surface area contributed by atoms with Gasteiger partial charge in [-0.2, -0.15) is 0 Å². The van der Waals surface area contributed by atoms with Gasteiger partial charge in [-0.3, -0.25) is 0 Å². The fraction of sp³-hybridized carbons (Fsp3) is 0.500. The zero-order valence-electron chi connectivity index (χ0n) is 10.8. The predicted molar refractivity (Wildman–Crippen MR) is 75.4 cm³/mol. The van der Waals surface area contributed by atoms with Crippen molar-refractivity contribution in [3.63, 3.8) is 0 Å². The van der Waals surface area contributed by atoms with Crippen LogP contribution in [0.5, 0.6) is 5.75 Å². The highest BCUT2D eigenvalue weighted by Crippen LogP contribution is 2.32. The van der Waals surface area contributed by atoms with Crippen LogP contribution in [0.15, 0.2) is 18.2 Å². The van der Waals surface area contributed by atoms with Gasteiger partial charge in [0.1, 0.15) is 18.0 Å². The van der Waals surface area contributed by atoms with Crippen LogP contribution in [-0.2, 0) is 9.31 Å². The molecule has 0 fully saturated rings. The highest BCUT2D eigenvalue weighted by molar-refractivity contribution is 6.64. The first-order valence-corrected chi connectivity index (χ1v) is 6.24. The molecule has 8 heteroatoms. The van der Waals surface area contributed by atoms with Crippen LogP contribution in [0.25, 0.3) is 0 Å². The molecule has 0 saturated carbocycles. The Labute approximate surface area is 123 Å². The van der Waals surface area contributed by atoms with Gasteiger partial charge in [-0.05, 0) is 11.6 Å². The molecule has 2 aliphatic heterocycles. The molecule has 2 heterocycles. The Morgan fingerprint density at radius 1 is 1.35 bits per heavy atom. The molecule has 110 valence electrons. The molecule has 20 heavy (non-hydrogen) atoms. The Kier molecular flexibility index (Phi) is 4.58. The quantitative estimate of drug-likeness (QED) is 0.618. The molecule has 0 saturated heterocycles. The molecule has 1 aromatic carbocycles. The lowest BCUT2D eigenvalue weighted by atomic mass is 9.77. The van der Waals surface area contributed by atoms with E-state index in [9.17, 15) is 10.2 Å². The normalized spacial score (nSPS) is 22.6. The Morgan fingerprint density at radius 3 is 2.75 bits per heavy atom.